The summed E-state index contributed by atoms with van der Waals surface area (Å²) in [5.74, 6) is 3.63. The predicted octanol–water partition coefficient (Wildman–Crippen LogP) is 2.16. The Morgan fingerprint density at radius 2 is 2.04 bits per heavy atom. The van der Waals surface area contributed by atoms with Crippen LogP contribution in [0.4, 0.5) is 5.82 Å². The lowest BCUT2D eigenvalue weighted by atomic mass is 9.97. The molecule has 0 spiro atoms. The summed E-state index contributed by atoms with van der Waals surface area (Å²) in [6.07, 6.45) is 13.0. The molecule has 4 heterocycles. The summed E-state index contributed by atoms with van der Waals surface area (Å²) in [4.78, 5) is 16.8. The number of nitrogens with one attached hydrogen (secondary N) is 1. The molecule has 1 saturated carbocycles. The van der Waals surface area contributed by atoms with Crippen LogP contribution in [0.15, 0.2) is 18.7 Å². The fourth-order valence-electron chi connectivity index (χ4n) is 4.43. The third-order valence-corrected chi connectivity index (χ3v) is 5.97. The van der Waals surface area contributed by atoms with Crippen LogP contribution in [0, 0.1) is 5.92 Å². The first-order chi connectivity index (χ1) is 12.9. The molecule has 1 unspecified atom stereocenters. The van der Waals surface area contributed by atoms with Crippen molar-refractivity contribution in [1.82, 2.24) is 24.8 Å². The molecular weight excluding hydrogens is 324 g/mol. The second-order valence-corrected chi connectivity index (χ2v) is 8.07. The molecule has 138 valence electrons. The van der Waals surface area contributed by atoms with E-state index in [-0.39, 0.29) is 0 Å². The van der Waals surface area contributed by atoms with Crippen molar-refractivity contribution in [2.24, 2.45) is 5.92 Å². The van der Waals surface area contributed by atoms with E-state index in [4.69, 9.17) is 9.97 Å². The van der Waals surface area contributed by atoms with E-state index in [0.29, 0.717) is 11.8 Å². The molecule has 5 rings (SSSR count). The first kappa shape index (κ1) is 16.2. The van der Waals surface area contributed by atoms with Gasteiger partial charge >= 0.3 is 0 Å². The smallest absolute Gasteiger partial charge is 0.135 e. The summed E-state index contributed by atoms with van der Waals surface area (Å²) >= 11 is 0. The van der Waals surface area contributed by atoms with Crippen molar-refractivity contribution in [3.63, 3.8) is 0 Å². The van der Waals surface area contributed by atoms with Crippen molar-refractivity contribution in [3.8, 4) is 0 Å². The van der Waals surface area contributed by atoms with Crippen molar-refractivity contribution in [1.29, 1.82) is 0 Å². The molecule has 0 amide bonds. The molecule has 1 aliphatic carbocycles. The van der Waals surface area contributed by atoms with E-state index in [2.05, 4.69) is 26.0 Å². The van der Waals surface area contributed by atoms with Gasteiger partial charge in [0.1, 0.15) is 11.6 Å². The van der Waals surface area contributed by atoms with Gasteiger partial charge in [0.15, 0.2) is 0 Å². The lowest BCUT2D eigenvalue weighted by molar-refractivity contribution is 0.364. The van der Waals surface area contributed by atoms with E-state index in [1.165, 1.54) is 42.8 Å². The molecule has 6 nitrogen and oxygen atoms in total. The van der Waals surface area contributed by atoms with Crippen LogP contribution in [0.2, 0.25) is 0 Å². The zero-order valence-corrected chi connectivity index (χ0v) is 15.4. The van der Waals surface area contributed by atoms with E-state index in [0.717, 1.165) is 51.4 Å². The maximum atomic E-state index is 5.11. The molecule has 2 fully saturated rings. The number of hydrogen-bond acceptors (Lipinski definition) is 5. The fraction of sp³-hybridized carbons (Fsp3) is 0.650. The van der Waals surface area contributed by atoms with Gasteiger partial charge in [-0.15, -0.1) is 0 Å². The van der Waals surface area contributed by atoms with Crippen molar-refractivity contribution in [2.45, 2.75) is 51.0 Å². The molecule has 2 aromatic heterocycles. The van der Waals surface area contributed by atoms with E-state index < -0.39 is 0 Å². The zero-order chi connectivity index (χ0) is 17.3. The molecule has 0 bridgehead atoms. The molecule has 3 aliphatic rings. The largest absolute Gasteiger partial charge is 0.356 e. The molecular formula is C20H28N6. The minimum atomic E-state index is 0.613. The summed E-state index contributed by atoms with van der Waals surface area (Å²) in [5.41, 5.74) is 2.71. The van der Waals surface area contributed by atoms with Crippen LogP contribution in [0.1, 0.15) is 48.7 Å². The highest BCUT2D eigenvalue weighted by molar-refractivity contribution is 5.51. The maximum Gasteiger partial charge on any atom is 0.135 e. The highest BCUT2D eigenvalue weighted by Gasteiger charge is 2.31. The average Bonchev–Trinajstić information content (AvgIpc) is 3.44. The van der Waals surface area contributed by atoms with Crippen LogP contribution < -0.4 is 10.2 Å². The Labute approximate surface area is 155 Å². The molecule has 1 atom stereocenters. The van der Waals surface area contributed by atoms with Crippen LogP contribution in [0.25, 0.3) is 0 Å². The topological polar surface area (TPSA) is 58.9 Å². The first-order valence-electron chi connectivity index (χ1n) is 10.2. The van der Waals surface area contributed by atoms with Crippen LogP contribution >= 0.6 is 0 Å². The molecule has 1 N–H and O–H groups in total. The Bertz CT molecular complexity index is 752. The highest BCUT2D eigenvalue weighted by atomic mass is 15.2. The molecule has 26 heavy (non-hydrogen) atoms. The Hall–Kier alpha value is -1.95. The number of rotatable bonds is 4. The minimum Gasteiger partial charge on any atom is -0.356 e. The van der Waals surface area contributed by atoms with Crippen molar-refractivity contribution in [3.05, 3.63) is 35.8 Å². The summed E-state index contributed by atoms with van der Waals surface area (Å²) in [6, 6.07) is 0. The molecule has 2 aliphatic heterocycles. The number of piperidine rings is 1. The third kappa shape index (κ3) is 3.34. The highest BCUT2D eigenvalue weighted by Crippen LogP contribution is 2.40. The first-order valence-corrected chi connectivity index (χ1v) is 10.2. The van der Waals surface area contributed by atoms with Crippen molar-refractivity contribution in [2.75, 3.05) is 31.1 Å². The Morgan fingerprint density at radius 3 is 2.88 bits per heavy atom. The second kappa shape index (κ2) is 6.99. The summed E-state index contributed by atoms with van der Waals surface area (Å²) < 4.78 is 2.22. The number of aromatic nitrogens is 4. The lowest BCUT2D eigenvalue weighted by Crippen LogP contribution is -2.38. The standard InChI is InChI=1S/C20H28N6/c1-2-15(12-25-11-9-22-14-25)13-26(10-1)20-17-5-7-21-8-6-18(17)23-19(24-20)16-3-4-16/h9,11,14-16,21H,1-8,10,12-13H2. The molecule has 6 heteroatoms. The monoisotopic (exact) mass is 352 g/mol. The molecule has 0 aromatic carbocycles. The molecule has 0 radical (unpaired) electrons. The number of imidazole rings is 1. The lowest BCUT2D eigenvalue weighted by Gasteiger charge is -2.35. The quantitative estimate of drug-likeness (QED) is 0.914. The van der Waals surface area contributed by atoms with Crippen LogP contribution in [0.3, 0.4) is 0 Å². The minimum absolute atomic E-state index is 0.613. The van der Waals surface area contributed by atoms with Gasteiger partial charge in [-0.2, -0.15) is 0 Å². The SMILES string of the molecule is c1cn(CC2CCCN(c3nc(C4CC4)nc4c3CCNCC4)C2)cn1. The molecule has 1 saturated heterocycles. The van der Waals surface area contributed by atoms with E-state index in [1.807, 2.05) is 12.5 Å². The van der Waals surface area contributed by atoms with Gasteiger partial charge in [0.25, 0.3) is 0 Å². The number of nitrogens with zero attached hydrogens (tertiary/aromatic N) is 5. The van der Waals surface area contributed by atoms with E-state index in [9.17, 15) is 0 Å². The second-order valence-electron chi connectivity index (χ2n) is 8.07. The van der Waals surface area contributed by atoms with Crippen LogP contribution in [-0.2, 0) is 19.4 Å². The number of anilines is 1. The summed E-state index contributed by atoms with van der Waals surface area (Å²) in [6.45, 7) is 5.36. The van der Waals surface area contributed by atoms with E-state index >= 15 is 0 Å². The van der Waals surface area contributed by atoms with E-state index in [1.54, 1.807) is 0 Å². The summed E-state index contributed by atoms with van der Waals surface area (Å²) in [5, 5.41) is 3.53. The molecule has 2 aromatic rings. The van der Waals surface area contributed by atoms with Gasteiger partial charge < -0.3 is 14.8 Å². The van der Waals surface area contributed by atoms with Gasteiger partial charge in [-0.1, -0.05) is 0 Å². The third-order valence-electron chi connectivity index (χ3n) is 5.97. The van der Waals surface area contributed by atoms with Gasteiger partial charge in [0.2, 0.25) is 0 Å². The maximum absolute atomic E-state index is 5.11. The van der Waals surface area contributed by atoms with Crippen molar-refractivity contribution < 1.29 is 0 Å². The van der Waals surface area contributed by atoms with Gasteiger partial charge in [-0.25, -0.2) is 15.0 Å². The van der Waals surface area contributed by atoms with Crippen LogP contribution in [-0.4, -0.2) is 45.7 Å². The Kier molecular flexibility index (Phi) is 4.36. The van der Waals surface area contributed by atoms with Gasteiger partial charge in [0.05, 0.1) is 12.0 Å². The Morgan fingerprint density at radius 1 is 1.12 bits per heavy atom. The zero-order valence-electron chi connectivity index (χ0n) is 15.4. The van der Waals surface area contributed by atoms with Crippen molar-refractivity contribution >= 4 is 5.82 Å². The summed E-state index contributed by atoms with van der Waals surface area (Å²) in [7, 11) is 0. The average molecular weight is 352 g/mol. The van der Waals surface area contributed by atoms with Gasteiger partial charge in [-0.3, -0.25) is 0 Å². The predicted molar refractivity (Wildman–Crippen MR) is 101 cm³/mol. The number of fused-ring (bicyclic) bond motifs is 1. The normalized spacial score (nSPS) is 23.5. The Balaban J connectivity index is 1.43. The van der Waals surface area contributed by atoms with Gasteiger partial charge in [-0.05, 0) is 44.6 Å². The van der Waals surface area contributed by atoms with Crippen LogP contribution in [0.5, 0.6) is 0 Å². The fourth-order valence-corrected chi connectivity index (χ4v) is 4.43. The van der Waals surface area contributed by atoms with Gasteiger partial charge in [0, 0.05) is 56.5 Å². The number of hydrogen-bond donors (Lipinski definition) is 1.